The Labute approximate surface area is 323 Å². The number of nitrogens with one attached hydrogen (secondary N) is 1. The van der Waals surface area contributed by atoms with Crippen molar-refractivity contribution < 1.29 is 24.2 Å². The van der Waals surface area contributed by atoms with Crippen molar-refractivity contribution in [2.75, 3.05) is 11.9 Å². The van der Waals surface area contributed by atoms with Crippen LogP contribution < -0.4 is 21.5 Å². The van der Waals surface area contributed by atoms with E-state index in [1.165, 1.54) is 10.8 Å². The van der Waals surface area contributed by atoms with Gasteiger partial charge in [-0.05, 0) is 53.0 Å². The molecule has 0 saturated heterocycles. The van der Waals surface area contributed by atoms with Crippen molar-refractivity contribution in [3.63, 3.8) is 0 Å². The Hall–Kier alpha value is -4.83. The minimum Gasteiger partial charge on any atom is -0.493 e. The number of primary amides is 1. The molecule has 4 rings (SSSR count). The molecular weight excluding hydrogens is 704 g/mol. The summed E-state index contributed by atoms with van der Waals surface area (Å²) in [5.41, 5.74) is 2.65. The van der Waals surface area contributed by atoms with E-state index in [1.807, 2.05) is 57.2 Å². The first-order valence-electron chi connectivity index (χ1n) is 18.4. The molecule has 54 heavy (non-hydrogen) atoms. The third-order valence-electron chi connectivity index (χ3n) is 10.5. The molecule has 0 aliphatic heterocycles. The van der Waals surface area contributed by atoms with E-state index in [0.29, 0.717) is 29.8 Å². The van der Waals surface area contributed by atoms with Gasteiger partial charge in [0.25, 0.3) is 5.91 Å². The maximum Gasteiger partial charge on any atom is 0.333 e. The number of imidazole rings is 1. The Kier molecular flexibility index (Phi) is 12.6. The number of nitrogens with zero attached hydrogens (tertiary/aromatic N) is 2. The maximum absolute atomic E-state index is 15.5. The Morgan fingerprint density at radius 2 is 1.41 bits per heavy atom. The van der Waals surface area contributed by atoms with E-state index in [9.17, 15) is 14.7 Å². The fraction of sp³-hybridized carbons (Fsp3) is 0.442. The van der Waals surface area contributed by atoms with E-state index < -0.39 is 56.3 Å². The highest BCUT2D eigenvalue weighted by Gasteiger charge is 2.57. The van der Waals surface area contributed by atoms with Gasteiger partial charge in [-0.2, -0.15) is 0 Å². The fourth-order valence-corrected chi connectivity index (χ4v) is 6.62. The summed E-state index contributed by atoms with van der Waals surface area (Å²) >= 11 is 6.21. The van der Waals surface area contributed by atoms with Crippen molar-refractivity contribution >= 4 is 34.9 Å². The van der Waals surface area contributed by atoms with Gasteiger partial charge in [-0.3, -0.25) is 19.0 Å². The summed E-state index contributed by atoms with van der Waals surface area (Å²) in [6, 6.07) is 21.5. The first-order valence-corrected chi connectivity index (χ1v) is 18.9. The molecule has 0 aliphatic rings. The topological polar surface area (TPSA) is 146 Å². The molecule has 2 atom stereocenters. The predicted molar refractivity (Wildman–Crippen MR) is 215 cm³/mol. The lowest BCUT2D eigenvalue weighted by Gasteiger charge is -2.41. The number of carbonyl (C=O) groups is 3. The SMILES string of the molecule is CCC(C)(C)c1cc(C(C)(C)CC)c(C(C(=O)Nc2ccccc2)(C(=O)C(C)(C)C)n2c(O)cn(Cc3ccccc3)c2=O)cc1OCCC(Cl)C(N)=O. The summed E-state index contributed by atoms with van der Waals surface area (Å²) in [6.07, 6.45) is 2.66. The summed E-state index contributed by atoms with van der Waals surface area (Å²) in [7, 11) is 0. The third kappa shape index (κ3) is 8.44. The Morgan fingerprint density at radius 3 is 1.94 bits per heavy atom. The van der Waals surface area contributed by atoms with E-state index in [2.05, 4.69) is 26.1 Å². The summed E-state index contributed by atoms with van der Waals surface area (Å²) in [5.74, 6) is -2.37. The lowest BCUT2D eigenvalue weighted by Crippen LogP contribution is -2.60. The number of ketones is 1. The van der Waals surface area contributed by atoms with E-state index in [-0.39, 0.29) is 25.1 Å². The minimum atomic E-state index is -2.46. The van der Waals surface area contributed by atoms with Crippen molar-refractivity contribution in [1.29, 1.82) is 0 Å². The van der Waals surface area contributed by atoms with Crippen LogP contribution in [0.2, 0.25) is 0 Å². The highest BCUT2D eigenvalue weighted by Crippen LogP contribution is 2.48. The number of carbonyl (C=O) groups excluding carboxylic acids is 3. The number of alkyl halides is 1. The average Bonchev–Trinajstić information content (AvgIpc) is 3.40. The van der Waals surface area contributed by atoms with Crippen LogP contribution in [0.3, 0.4) is 0 Å². The smallest absolute Gasteiger partial charge is 0.333 e. The number of aromatic hydroxyl groups is 1. The highest BCUT2D eigenvalue weighted by atomic mass is 35.5. The molecule has 0 bridgehead atoms. The molecule has 4 N–H and O–H groups in total. The molecule has 10 nitrogen and oxygen atoms in total. The van der Waals surface area contributed by atoms with Gasteiger partial charge in [-0.1, -0.05) is 117 Å². The van der Waals surface area contributed by atoms with Gasteiger partial charge in [0.05, 0.1) is 19.3 Å². The second-order valence-electron chi connectivity index (χ2n) is 16.2. The first-order chi connectivity index (χ1) is 25.2. The fourth-order valence-electron chi connectivity index (χ4n) is 6.53. The monoisotopic (exact) mass is 758 g/mol. The normalized spacial score (nSPS) is 13.9. The molecule has 3 aromatic carbocycles. The number of ether oxygens (including phenoxy) is 1. The summed E-state index contributed by atoms with van der Waals surface area (Å²) < 4.78 is 8.67. The lowest BCUT2D eigenvalue weighted by molar-refractivity contribution is -0.141. The summed E-state index contributed by atoms with van der Waals surface area (Å²) in [4.78, 5) is 57.7. The zero-order valence-electron chi connectivity index (χ0n) is 33.0. The number of amides is 2. The average molecular weight is 759 g/mol. The number of hydrogen-bond acceptors (Lipinski definition) is 6. The number of halogens is 1. The predicted octanol–water partition coefficient (Wildman–Crippen LogP) is 7.64. The van der Waals surface area contributed by atoms with E-state index in [1.54, 1.807) is 57.2 Å². The molecule has 0 fully saturated rings. The first kappa shape index (κ1) is 41.9. The van der Waals surface area contributed by atoms with Gasteiger partial charge >= 0.3 is 5.69 Å². The minimum absolute atomic E-state index is 0.00502. The molecule has 290 valence electrons. The molecule has 2 unspecified atom stereocenters. The van der Waals surface area contributed by atoms with Crippen LogP contribution in [-0.2, 0) is 37.3 Å². The second-order valence-corrected chi connectivity index (χ2v) is 16.7. The maximum atomic E-state index is 15.5. The Balaban J connectivity index is 2.23. The molecule has 4 aromatic rings. The van der Waals surface area contributed by atoms with Gasteiger partial charge in [0.15, 0.2) is 5.78 Å². The third-order valence-corrected chi connectivity index (χ3v) is 10.9. The van der Waals surface area contributed by atoms with E-state index in [4.69, 9.17) is 22.1 Å². The van der Waals surface area contributed by atoms with Crippen molar-refractivity contribution in [2.24, 2.45) is 11.1 Å². The molecule has 0 saturated carbocycles. The van der Waals surface area contributed by atoms with Crippen molar-refractivity contribution in [3.8, 4) is 11.6 Å². The van der Waals surface area contributed by atoms with Gasteiger partial charge in [0, 0.05) is 28.7 Å². The number of para-hydroxylation sites is 1. The van der Waals surface area contributed by atoms with Gasteiger partial charge in [-0.25, -0.2) is 9.36 Å². The number of anilines is 1. The Morgan fingerprint density at radius 1 is 0.852 bits per heavy atom. The van der Waals surface area contributed by atoms with Crippen LogP contribution in [-0.4, -0.2) is 43.8 Å². The van der Waals surface area contributed by atoms with Crippen molar-refractivity contribution in [3.05, 3.63) is 112 Å². The zero-order valence-corrected chi connectivity index (χ0v) is 33.7. The van der Waals surface area contributed by atoms with Crippen molar-refractivity contribution in [1.82, 2.24) is 9.13 Å². The summed E-state index contributed by atoms with van der Waals surface area (Å²) in [5, 5.41) is 13.9. The molecule has 1 aromatic heterocycles. The molecule has 0 aliphatic carbocycles. The van der Waals surface area contributed by atoms with Crippen LogP contribution in [0.25, 0.3) is 0 Å². The number of nitrogens with two attached hydrogens (primary N) is 1. The van der Waals surface area contributed by atoms with Gasteiger partial charge < -0.3 is 20.9 Å². The van der Waals surface area contributed by atoms with Gasteiger partial charge in [0.1, 0.15) is 11.1 Å². The number of rotatable bonds is 16. The standard InChI is InChI=1S/C43H55ClN4O6/c1-10-41(6,7)30-24-32(42(8,9)11-2)34(54-23-22-33(44)36(45)50)25-31(30)43(37(51)40(3,4)5,38(52)46-29-20-16-13-17-21-29)48-35(49)27-47(39(48)53)26-28-18-14-12-15-19-28/h12-21,24-25,27,33,49H,10-11,22-23,26H2,1-9H3,(H2,45,50)(H,46,52). The lowest BCUT2D eigenvalue weighted by atomic mass is 9.66. The van der Waals surface area contributed by atoms with Crippen LogP contribution >= 0.6 is 11.6 Å². The number of aromatic nitrogens is 2. The van der Waals surface area contributed by atoms with Crippen LogP contribution in [0.15, 0.2) is 83.8 Å². The molecule has 0 spiro atoms. The van der Waals surface area contributed by atoms with Crippen LogP contribution in [0.4, 0.5) is 5.69 Å². The number of benzene rings is 3. The van der Waals surface area contributed by atoms with E-state index in [0.717, 1.165) is 15.7 Å². The highest BCUT2D eigenvalue weighted by molar-refractivity contribution is 6.30. The largest absolute Gasteiger partial charge is 0.493 e. The number of hydrogen-bond donors (Lipinski definition) is 3. The van der Waals surface area contributed by atoms with Gasteiger partial charge in [0.2, 0.25) is 17.3 Å². The van der Waals surface area contributed by atoms with Crippen LogP contribution in [0.5, 0.6) is 11.6 Å². The molecule has 2 amide bonds. The Bertz CT molecular complexity index is 2030. The van der Waals surface area contributed by atoms with E-state index >= 15 is 9.59 Å². The molecule has 0 radical (unpaired) electrons. The molecule has 1 heterocycles. The number of Topliss-reactive ketones (excluding diaryl/α,β-unsaturated/α-hetero) is 1. The van der Waals surface area contributed by atoms with Crippen LogP contribution in [0.1, 0.15) is 104 Å². The summed E-state index contributed by atoms with van der Waals surface area (Å²) in [6.45, 7) is 17.4. The quantitative estimate of drug-likeness (QED) is 0.0791. The molecule has 11 heteroatoms. The van der Waals surface area contributed by atoms with Gasteiger partial charge in [-0.15, -0.1) is 11.6 Å². The van der Waals surface area contributed by atoms with Crippen molar-refractivity contribution in [2.45, 2.75) is 110 Å². The second kappa shape index (κ2) is 16.3. The van der Waals surface area contributed by atoms with Crippen LogP contribution in [0, 0.1) is 5.41 Å². The molecular formula is C43H55ClN4O6. The zero-order chi connectivity index (χ0) is 40.2.